The van der Waals surface area contributed by atoms with Crippen molar-refractivity contribution < 1.29 is 4.52 Å². The summed E-state index contributed by atoms with van der Waals surface area (Å²) < 4.78 is 5.33. The summed E-state index contributed by atoms with van der Waals surface area (Å²) in [7, 11) is 0. The zero-order valence-electron chi connectivity index (χ0n) is 9.81. The molecule has 0 atom stereocenters. The van der Waals surface area contributed by atoms with Crippen LogP contribution in [0.3, 0.4) is 0 Å². The molecule has 1 aliphatic carbocycles. The second-order valence-electron chi connectivity index (χ2n) is 4.62. The Morgan fingerprint density at radius 1 is 1.35 bits per heavy atom. The van der Waals surface area contributed by atoms with Crippen LogP contribution >= 0.6 is 0 Å². The van der Waals surface area contributed by atoms with Gasteiger partial charge in [-0.25, -0.2) is 0 Å². The number of benzene rings is 1. The quantitative estimate of drug-likeness (QED) is 0.804. The molecule has 3 rings (SSSR count). The van der Waals surface area contributed by atoms with Crippen LogP contribution in [0.2, 0.25) is 0 Å². The average Bonchev–Trinajstić information content (AvgIpc) is 2.64. The lowest BCUT2D eigenvalue weighted by Gasteiger charge is -2.20. The summed E-state index contributed by atoms with van der Waals surface area (Å²) >= 11 is 0. The first-order valence-electron chi connectivity index (χ1n) is 5.95. The van der Waals surface area contributed by atoms with Gasteiger partial charge in [-0.1, -0.05) is 23.7 Å². The van der Waals surface area contributed by atoms with Crippen molar-refractivity contribution in [2.45, 2.75) is 32.1 Å². The number of aromatic nitrogens is 2. The Bertz CT molecular complexity index is 523. The molecule has 0 bridgehead atoms. The molecule has 1 aliphatic rings. The van der Waals surface area contributed by atoms with E-state index in [9.17, 15) is 0 Å². The third-order valence-electron chi connectivity index (χ3n) is 3.43. The molecule has 88 valence electrons. The van der Waals surface area contributed by atoms with E-state index in [1.165, 1.54) is 19.3 Å². The molecule has 0 radical (unpaired) electrons. The van der Waals surface area contributed by atoms with Crippen LogP contribution in [0.15, 0.2) is 22.7 Å². The van der Waals surface area contributed by atoms with Crippen molar-refractivity contribution in [3.8, 4) is 11.5 Å². The number of hydrogen-bond acceptors (Lipinski definition) is 4. The second-order valence-corrected chi connectivity index (χ2v) is 4.62. The summed E-state index contributed by atoms with van der Waals surface area (Å²) in [5.74, 6) is 1.86. The minimum Gasteiger partial charge on any atom is -0.398 e. The molecule has 0 saturated heterocycles. The van der Waals surface area contributed by atoms with Crippen LogP contribution in [0.1, 0.15) is 36.6 Å². The van der Waals surface area contributed by atoms with Crippen LogP contribution in [0.4, 0.5) is 5.69 Å². The van der Waals surface area contributed by atoms with E-state index >= 15 is 0 Å². The summed E-state index contributed by atoms with van der Waals surface area (Å²) in [6, 6.07) is 5.78. The van der Waals surface area contributed by atoms with Crippen molar-refractivity contribution in [1.29, 1.82) is 0 Å². The third-order valence-corrected chi connectivity index (χ3v) is 3.43. The van der Waals surface area contributed by atoms with E-state index in [-0.39, 0.29) is 0 Å². The van der Waals surface area contributed by atoms with E-state index in [1.54, 1.807) is 0 Å². The zero-order valence-corrected chi connectivity index (χ0v) is 9.81. The Morgan fingerprint density at radius 2 is 2.18 bits per heavy atom. The Hall–Kier alpha value is -1.84. The summed E-state index contributed by atoms with van der Waals surface area (Å²) in [6.07, 6.45) is 3.60. The lowest BCUT2D eigenvalue weighted by atomic mass is 9.85. The fraction of sp³-hybridized carbons (Fsp3) is 0.385. The highest BCUT2D eigenvalue weighted by molar-refractivity contribution is 5.73. The SMILES string of the molecule is Cc1cccc(N)c1-c1nc(C2CCC2)no1. The number of anilines is 1. The summed E-state index contributed by atoms with van der Waals surface area (Å²) in [5, 5.41) is 4.06. The Balaban J connectivity index is 2.00. The van der Waals surface area contributed by atoms with E-state index in [4.69, 9.17) is 10.3 Å². The van der Waals surface area contributed by atoms with Crippen molar-refractivity contribution in [2.75, 3.05) is 5.73 Å². The van der Waals surface area contributed by atoms with Gasteiger partial charge in [-0.05, 0) is 31.4 Å². The van der Waals surface area contributed by atoms with Gasteiger partial charge >= 0.3 is 0 Å². The first-order chi connectivity index (χ1) is 8.25. The van der Waals surface area contributed by atoms with Gasteiger partial charge in [0.1, 0.15) is 0 Å². The Kier molecular flexibility index (Phi) is 2.35. The number of nitrogens with two attached hydrogens (primary N) is 1. The number of nitrogen functional groups attached to an aromatic ring is 1. The summed E-state index contributed by atoms with van der Waals surface area (Å²) in [5.41, 5.74) is 8.58. The average molecular weight is 229 g/mol. The molecule has 1 heterocycles. The van der Waals surface area contributed by atoms with Crippen molar-refractivity contribution in [2.24, 2.45) is 0 Å². The highest BCUT2D eigenvalue weighted by Gasteiger charge is 2.25. The van der Waals surface area contributed by atoms with Crippen molar-refractivity contribution in [3.63, 3.8) is 0 Å². The zero-order chi connectivity index (χ0) is 11.8. The predicted molar refractivity (Wildman–Crippen MR) is 65.5 cm³/mol. The lowest BCUT2D eigenvalue weighted by Crippen LogP contribution is -2.10. The molecule has 1 aromatic carbocycles. The van der Waals surface area contributed by atoms with Crippen molar-refractivity contribution >= 4 is 5.69 Å². The van der Waals surface area contributed by atoms with E-state index in [2.05, 4.69) is 10.1 Å². The summed E-state index contributed by atoms with van der Waals surface area (Å²) in [6.45, 7) is 2.00. The van der Waals surface area contributed by atoms with Crippen molar-refractivity contribution in [3.05, 3.63) is 29.6 Å². The molecular weight excluding hydrogens is 214 g/mol. The highest BCUT2D eigenvalue weighted by Crippen LogP contribution is 2.36. The number of nitrogens with zero attached hydrogens (tertiary/aromatic N) is 2. The van der Waals surface area contributed by atoms with Gasteiger partial charge in [-0.3, -0.25) is 0 Å². The van der Waals surface area contributed by atoms with Crippen LogP contribution in [-0.4, -0.2) is 10.1 Å². The number of aryl methyl sites for hydroxylation is 1. The lowest BCUT2D eigenvalue weighted by molar-refractivity contribution is 0.366. The molecule has 1 aromatic heterocycles. The largest absolute Gasteiger partial charge is 0.398 e. The molecule has 2 aromatic rings. The highest BCUT2D eigenvalue weighted by atomic mass is 16.5. The van der Waals surface area contributed by atoms with Gasteiger partial charge in [0.25, 0.3) is 5.89 Å². The minimum atomic E-state index is 0.484. The minimum absolute atomic E-state index is 0.484. The number of rotatable bonds is 2. The maximum Gasteiger partial charge on any atom is 0.260 e. The van der Waals surface area contributed by atoms with Gasteiger partial charge in [-0.2, -0.15) is 4.98 Å². The van der Waals surface area contributed by atoms with E-state index in [0.717, 1.165) is 17.0 Å². The molecule has 0 unspecified atom stereocenters. The fourth-order valence-corrected chi connectivity index (χ4v) is 2.15. The second kappa shape index (κ2) is 3.87. The predicted octanol–water partition coefficient (Wildman–Crippen LogP) is 2.89. The van der Waals surface area contributed by atoms with Crippen LogP contribution in [0.25, 0.3) is 11.5 Å². The van der Waals surface area contributed by atoms with Crippen LogP contribution in [0, 0.1) is 6.92 Å². The van der Waals surface area contributed by atoms with E-state index < -0.39 is 0 Å². The molecule has 4 nitrogen and oxygen atoms in total. The maximum absolute atomic E-state index is 5.96. The molecule has 4 heteroatoms. The molecule has 2 N–H and O–H groups in total. The van der Waals surface area contributed by atoms with Gasteiger partial charge in [0.2, 0.25) is 0 Å². The van der Waals surface area contributed by atoms with Crippen LogP contribution in [0.5, 0.6) is 0 Å². The summed E-state index contributed by atoms with van der Waals surface area (Å²) in [4.78, 5) is 4.47. The maximum atomic E-state index is 5.96. The first kappa shape index (κ1) is 10.3. The molecule has 17 heavy (non-hydrogen) atoms. The Morgan fingerprint density at radius 3 is 2.82 bits per heavy atom. The first-order valence-corrected chi connectivity index (χ1v) is 5.95. The molecule has 0 aliphatic heterocycles. The molecular formula is C13H15N3O. The molecule has 1 fully saturated rings. The Labute approximate surface area is 99.8 Å². The standard InChI is InChI=1S/C13H15N3O/c1-8-4-2-7-10(14)11(8)13-15-12(16-17-13)9-5-3-6-9/h2,4,7,9H,3,5-6,14H2,1H3. The fourth-order valence-electron chi connectivity index (χ4n) is 2.15. The smallest absolute Gasteiger partial charge is 0.260 e. The van der Waals surface area contributed by atoms with E-state index in [0.29, 0.717) is 17.5 Å². The topological polar surface area (TPSA) is 64.9 Å². The van der Waals surface area contributed by atoms with Gasteiger partial charge in [0, 0.05) is 11.6 Å². The number of hydrogen-bond donors (Lipinski definition) is 1. The van der Waals surface area contributed by atoms with Gasteiger partial charge < -0.3 is 10.3 Å². The van der Waals surface area contributed by atoms with Gasteiger partial charge in [0.15, 0.2) is 5.82 Å². The normalized spacial score (nSPS) is 15.8. The molecule has 0 amide bonds. The van der Waals surface area contributed by atoms with Crippen LogP contribution < -0.4 is 5.73 Å². The molecule has 1 saturated carbocycles. The van der Waals surface area contributed by atoms with E-state index in [1.807, 2.05) is 25.1 Å². The van der Waals surface area contributed by atoms with Gasteiger partial charge in [-0.15, -0.1) is 0 Å². The molecule has 0 spiro atoms. The monoisotopic (exact) mass is 229 g/mol. The third kappa shape index (κ3) is 1.69. The van der Waals surface area contributed by atoms with Crippen molar-refractivity contribution in [1.82, 2.24) is 10.1 Å². The van der Waals surface area contributed by atoms with Crippen LogP contribution in [-0.2, 0) is 0 Å². The van der Waals surface area contributed by atoms with Gasteiger partial charge in [0.05, 0.1) is 5.56 Å².